The number of Topliss-reactive ketones (excluding diaryl/α,β-unsaturated/α-hetero) is 1. The molecule has 4 heteroatoms. The van der Waals surface area contributed by atoms with E-state index in [-0.39, 0.29) is 5.78 Å². The molecule has 1 aromatic carbocycles. The van der Waals surface area contributed by atoms with Gasteiger partial charge in [-0.1, -0.05) is 6.92 Å². The van der Waals surface area contributed by atoms with Crippen molar-refractivity contribution in [3.8, 4) is 5.75 Å². The molecule has 2 rings (SSSR count). The molecule has 2 aromatic rings. The molecule has 0 N–H and O–H groups in total. The Hall–Kier alpha value is -2.10. The number of hydrogen-bond acceptors (Lipinski definition) is 3. The first-order valence-electron chi connectivity index (χ1n) is 6.90. The Kier molecular flexibility index (Phi) is 4.56. The molecule has 0 aliphatic rings. The summed E-state index contributed by atoms with van der Waals surface area (Å²) in [6, 6.07) is 9.23. The largest absolute Gasteiger partial charge is 0.497 e. The molecule has 1 heterocycles. The lowest BCUT2D eigenvalue weighted by atomic mass is 10.1. The van der Waals surface area contributed by atoms with Gasteiger partial charge < -0.3 is 4.74 Å². The van der Waals surface area contributed by atoms with Crippen molar-refractivity contribution in [3.63, 3.8) is 0 Å². The molecule has 0 aliphatic heterocycles. The van der Waals surface area contributed by atoms with Crippen molar-refractivity contribution < 1.29 is 9.53 Å². The van der Waals surface area contributed by atoms with Crippen LogP contribution in [0.25, 0.3) is 0 Å². The molecular formula is C16H20N2O2. The van der Waals surface area contributed by atoms with Gasteiger partial charge in [-0.2, -0.15) is 5.10 Å². The lowest BCUT2D eigenvalue weighted by molar-refractivity contribution is 0.0990. The Labute approximate surface area is 119 Å². The molecule has 0 atom stereocenters. The Morgan fingerprint density at radius 1 is 1.25 bits per heavy atom. The zero-order chi connectivity index (χ0) is 14.5. The quantitative estimate of drug-likeness (QED) is 0.759. The topological polar surface area (TPSA) is 44.1 Å². The lowest BCUT2D eigenvalue weighted by Gasteiger charge is -2.05. The van der Waals surface area contributed by atoms with Crippen LogP contribution < -0.4 is 4.74 Å². The van der Waals surface area contributed by atoms with Crippen LogP contribution in [0.4, 0.5) is 0 Å². The SMILES string of the molecule is CCc1cc(CC(=O)c2ccc(OC)cc2)n(CC)n1. The van der Waals surface area contributed by atoms with E-state index in [1.165, 1.54) is 0 Å². The summed E-state index contributed by atoms with van der Waals surface area (Å²) in [6.07, 6.45) is 1.27. The predicted molar refractivity (Wildman–Crippen MR) is 78.3 cm³/mol. The maximum absolute atomic E-state index is 12.3. The highest BCUT2D eigenvalue weighted by Gasteiger charge is 2.12. The molecule has 0 saturated heterocycles. The normalized spacial score (nSPS) is 10.6. The van der Waals surface area contributed by atoms with E-state index in [0.717, 1.165) is 30.1 Å². The number of aryl methyl sites for hydroxylation is 2. The van der Waals surface area contributed by atoms with Crippen LogP contribution in [0, 0.1) is 0 Å². The summed E-state index contributed by atoms with van der Waals surface area (Å²) >= 11 is 0. The molecule has 106 valence electrons. The highest BCUT2D eigenvalue weighted by atomic mass is 16.5. The highest BCUT2D eigenvalue weighted by molar-refractivity contribution is 5.97. The fourth-order valence-electron chi connectivity index (χ4n) is 2.15. The fraction of sp³-hybridized carbons (Fsp3) is 0.375. The van der Waals surface area contributed by atoms with E-state index in [9.17, 15) is 4.79 Å². The van der Waals surface area contributed by atoms with Crippen molar-refractivity contribution in [2.24, 2.45) is 0 Å². The van der Waals surface area contributed by atoms with Crippen LogP contribution in [0.15, 0.2) is 30.3 Å². The van der Waals surface area contributed by atoms with E-state index in [2.05, 4.69) is 12.0 Å². The van der Waals surface area contributed by atoms with Crippen LogP contribution in [-0.4, -0.2) is 22.7 Å². The molecule has 1 aromatic heterocycles. The Morgan fingerprint density at radius 3 is 2.50 bits per heavy atom. The van der Waals surface area contributed by atoms with Crippen molar-refractivity contribution in [2.45, 2.75) is 33.2 Å². The van der Waals surface area contributed by atoms with Gasteiger partial charge in [0.2, 0.25) is 0 Å². The van der Waals surface area contributed by atoms with Crippen molar-refractivity contribution in [1.82, 2.24) is 9.78 Å². The van der Waals surface area contributed by atoms with E-state index in [1.807, 2.05) is 29.8 Å². The van der Waals surface area contributed by atoms with Crippen LogP contribution in [0.5, 0.6) is 5.75 Å². The van der Waals surface area contributed by atoms with Crippen molar-refractivity contribution in [2.75, 3.05) is 7.11 Å². The van der Waals surface area contributed by atoms with Gasteiger partial charge in [-0.3, -0.25) is 9.48 Å². The molecule has 4 nitrogen and oxygen atoms in total. The van der Waals surface area contributed by atoms with Gasteiger partial charge in [-0.15, -0.1) is 0 Å². The Morgan fingerprint density at radius 2 is 1.95 bits per heavy atom. The molecule has 0 fully saturated rings. The molecule has 0 aliphatic carbocycles. The molecule has 0 saturated carbocycles. The van der Waals surface area contributed by atoms with Gasteiger partial charge in [0.1, 0.15) is 5.75 Å². The second-order valence-electron chi connectivity index (χ2n) is 4.62. The zero-order valence-corrected chi connectivity index (χ0v) is 12.2. The third-order valence-corrected chi connectivity index (χ3v) is 3.33. The Bertz CT molecular complexity index is 585. The standard InChI is InChI=1S/C16H20N2O2/c1-4-13-10-14(18(5-2)17-13)11-16(19)12-6-8-15(20-3)9-7-12/h6-10H,4-5,11H2,1-3H3. The van der Waals surface area contributed by atoms with Gasteiger partial charge in [0.25, 0.3) is 0 Å². The van der Waals surface area contributed by atoms with Crippen molar-refractivity contribution in [3.05, 3.63) is 47.3 Å². The van der Waals surface area contributed by atoms with Gasteiger partial charge in [-0.05, 0) is 43.7 Å². The minimum atomic E-state index is 0.102. The van der Waals surface area contributed by atoms with E-state index >= 15 is 0 Å². The third kappa shape index (κ3) is 3.07. The molecule has 0 amide bonds. The second kappa shape index (κ2) is 6.37. The summed E-state index contributed by atoms with van der Waals surface area (Å²) in [5.41, 5.74) is 2.71. The van der Waals surface area contributed by atoms with Crippen molar-refractivity contribution in [1.29, 1.82) is 0 Å². The smallest absolute Gasteiger partial charge is 0.168 e. The van der Waals surface area contributed by atoms with Crippen LogP contribution in [0.2, 0.25) is 0 Å². The van der Waals surface area contributed by atoms with E-state index < -0.39 is 0 Å². The number of nitrogens with zero attached hydrogens (tertiary/aromatic N) is 2. The van der Waals surface area contributed by atoms with Gasteiger partial charge in [-0.25, -0.2) is 0 Å². The summed E-state index contributed by atoms with van der Waals surface area (Å²) in [6.45, 7) is 4.89. The van der Waals surface area contributed by atoms with E-state index in [1.54, 1.807) is 19.2 Å². The average Bonchev–Trinajstić information content (AvgIpc) is 2.89. The first kappa shape index (κ1) is 14.3. The number of carbonyl (C=O) groups excluding carboxylic acids is 1. The highest BCUT2D eigenvalue weighted by Crippen LogP contribution is 2.14. The van der Waals surface area contributed by atoms with Crippen LogP contribution >= 0.6 is 0 Å². The molecule has 20 heavy (non-hydrogen) atoms. The van der Waals surface area contributed by atoms with Gasteiger partial charge in [0, 0.05) is 17.8 Å². The third-order valence-electron chi connectivity index (χ3n) is 3.33. The van der Waals surface area contributed by atoms with E-state index in [4.69, 9.17) is 4.74 Å². The number of carbonyl (C=O) groups is 1. The number of hydrogen-bond donors (Lipinski definition) is 0. The summed E-state index contributed by atoms with van der Waals surface area (Å²) in [5, 5.41) is 4.47. The number of ketones is 1. The number of aromatic nitrogens is 2. The van der Waals surface area contributed by atoms with Gasteiger partial charge >= 0.3 is 0 Å². The van der Waals surface area contributed by atoms with E-state index in [0.29, 0.717) is 12.0 Å². The number of methoxy groups -OCH3 is 1. The molecular weight excluding hydrogens is 252 g/mol. The van der Waals surface area contributed by atoms with Crippen LogP contribution in [-0.2, 0) is 19.4 Å². The van der Waals surface area contributed by atoms with Crippen molar-refractivity contribution >= 4 is 5.78 Å². The summed E-state index contributed by atoms with van der Waals surface area (Å²) in [7, 11) is 1.61. The molecule has 0 radical (unpaired) electrons. The minimum absolute atomic E-state index is 0.102. The molecule has 0 unspecified atom stereocenters. The summed E-state index contributed by atoms with van der Waals surface area (Å²) < 4.78 is 7.00. The first-order valence-corrected chi connectivity index (χ1v) is 6.90. The van der Waals surface area contributed by atoms with Gasteiger partial charge in [0.15, 0.2) is 5.78 Å². The maximum atomic E-state index is 12.3. The fourth-order valence-corrected chi connectivity index (χ4v) is 2.15. The average molecular weight is 272 g/mol. The first-order chi connectivity index (χ1) is 9.67. The lowest BCUT2D eigenvalue weighted by Crippen LogP contribution is -2.09. The number of benzene rings is 1. The number of rotatable bonds is 6. The molecule has 0 bridgehead atoms. The molecule has 0 spiro atoms. The monoisotopic (exact) mass is 272 g/mol. The summed E-state index contributed by atoms with van der Waals surface area (Å²) in [4.78, 5) is 12.3. The maximum Gasteiger partial charge on any atom is 0.168 e. The van der Waals surface area contributed by atoms with Crippen LogP contribution in [0.1, 0.15) is 35.6 Å². The van der Waals surface area contributed by atoms with Gasteiger partial charge in [0.05, 0.1) is 19.2 Å². The second-order valence-corrected chi connectivity index (χ2v) is 4.62. The Balaban J connectivity index is 2.15. The van der Waals surface area contributed by atoms with Crippen LogP contribution in [0.3, 0.4) is 0 Å². The minimum Gasteiger partial charge on any atom is -0.497 e. The summed E-state index contributed by atoms with van der Waals surface area (Å²) in [5.74, 6) is 0.860. The predicted octanol–water partition coefficient (Wildman–Crippen LogP) is 2.90. The number of ether oxygens (including phenoxy) is 1. The zero-order valence-electron chi connectivity index (χ0n) is 12.2.